The maximum absolute atomic E-state index is 11.6. The first-order chi connectivity index (χ1) is 9.89. The van der Waals surface area contributed by atoms with Crippen LogP contribution in [0.5, 0.6) is 0 Å². The van der Waals surface area contributed by atoms with E-state index in [1.165, 1.54) is 0 Å². The minimum absolute atomic E-state index is 0.0322. The highest BCUT2D eigenvalue weighted by atomic mass is 16.6. The number of aromatic nitrogens is 1. The molecule has 5 nitrogen and oxygen atoms in total. The van der Waals surface area contributed by atoms with Crippen LogP contribution in [-0.4, -0.2) is 28.3 Å². The van der Waals surface area contributed by atoms with E-state index in [0.717, 1.165) is 28.5 Å². The Morgan fingerprint density at radius 2 is 2.14 bits per heavy atom. The lowest BCUT2D eigenvalue weighted by Crippen LogP contribution is -2.33. The molecule has 0 spiro atoms. The van der Waals surface area contributed by atoms with Crippen molar-refractivity contribution in [3.63, 3.8) is 0 Å². The summed E-state index contributed by atoms with van der Waals surface area (Å²) >= 11 is 0. The van der Waals surface area contributed by atoms with Gasteiger partial charge in [-0.2, -0.15) is 0 Å². The summed E-state index contributed by atoms with van der Waals surface area (Å²) in [6, 6.07) is 5.82. The molecule has 1 aromatic carbocycles. The minimum Gasteiger partial charge on any atom is -0.444 e. The number of rotatable bonds is 4. The second-order valence-electron chi connectivity index (χ2n) is 6.03. The second kappa shape index (κ2) is 6.18. The van der Waals surface area contributed by atoms with Crippen LogP contribution in [0.15, 0.2) is 24.4 Å². The fraction of sp³-hybridized carbons (Fsp3) is 0.438. The SMILES string of the molecule is CC(C)(C)OC(=O)NCCc1c[nH]c2cc(CO)ccc12. The van der Waals surface area contributed by atoms with Crippen LogP contribution < -0.4 is 5.32 Å². The summed E-state index contributed by atoms with van der Waals surface area (Å²) in [5, 5.41) is 13.0. The summed E-state index contributed by atoms with van der Waals surface area (Å²) in [6.07, 6.45) is 2.25. The van der Waals surface area contributed by atoms with Crippen molar-refractivity contribution in [2.45, 2.75) is 39.4 Å². The number of amides is 1. The Bertz CT molecular complexity index is 626. The van der Waals surface area contributed by atoms with Crippen LogP contribution in [0.3, 0.4) is 0 Å². The van der Waals surface area contributed by atoms with Gasteiger partial charge in [-0.1, -0.05) is 12.1 Å². The van der Waals surface area contributed by atoms with Gasteiger partial charge in [-0.15, -0.1) is 0 Å². The van der Waals surface area contributed by atoms with Crippen LogP contribution in [0.2, 0.25) is 0 Å². The maximum Gasteiger partial charge on any atom is 0.407 e. The Kier molecular flexibility index (Phi) is 4.53. The molecule has 114 valence electrons. The highest BCUT2D eigenvalue weighted by Crippen LogP contribution is 2.20. The molecular weight excluding hydrogens is 268 g/mol. The summed E-state index contributed by atoms with van der Waals surface area (Å²) in [6.45, 7) is 6.06. The lowest BCUT2D eigenvalue weighted by atomic mass is 10.1. The standard InChI is InChI=1S/C16H22N2O3/c1-16(2,3)21-15(20)17-7-6-12-9-18-14-8-11(10-19)4-5-13(12)14/h4-5,8-9,18-19H,6-7,10H2,1-3H3,(H,17,20). The summed E-state index contributed by atoms with van der Waals surface area (Å²) in [5.74, 6) is 0. The lowest BCUT2D eigenvalue weighted by Gasteiger charge is -2.19. The number of carbonyl (C=O) groups is 1. The van der Waals surface area contributed by atoms with Crippen molar-refractivity contribution < 1.29 is 14.6 Å². The molecule has 0 aliphatic heterocycles. The van der Waals surface area contributed by atoms with Gasteiger partial charge in [-0.05, 0) is 44.4 Å². The van der Waals surface area contributed by atoms with Crippen molar-refractivity contribution in [3.8, 4) is 0 Å². The normalized spacial score (nSPS) is 11.6. The van der Waals surface area contributed by atoms with Crippen LogP contribution in [0.25, 0.3) is 10.9 Å². The molecule has 0 radical (unpaired) electrons. The highest BCUT2D eigenvalue weighted by Gasteiger charge is 2.15. The molecule has 0 atom stereocenters. The average molecular weight is 290 g/mol. The Morgan fingerprint density at radius 1 is 1.38 bits per heavy atom. The van der Waals surface area contributed by atoms with Crippen molar-refractivity contribution in [2.24, 2.45) is 0 Å². The van der Waals surface area contributed by atoms with Crippen LogP contribution in [-0.2, 0) is 17.8 Å². The zero-order chi connectivity index (χ0) is 15.5. The quantitative estimate of drug-likeness (QED) is 0.810. The molecule has 0 unspecified atom stereocenters. The van der Waals surface area contributed by atoms with E-state index >= 15 is 0 Å². The fourth-order valence-corrected chi connectivity index (χ4v) is 2.15. The van der Waals surface area contributed by atoms with E-state index in [2.05, 4.69) is 10.3 Å². The van der Waals surface area contributed by atoms with Crippen LogP contribution in [0.1, 0.15) is 31.9 Å². The number of carbonyl (C=O) groups excluding carboxylic acids is 1. The predicted octanol–water partition coefficient (Wildman–Crippen LogP) is 2.73. The van der Waals surface area contributed by atoms with Gasteiger partial charge >= 0.3 is 6.09 Å². The molecule has 2 aromatic rings. The van der Waals surface area contributed by atoms with E-state index in [9.17, 15) is 4.79 Å². The van der Waals surface area contributed by atoms with Gasteiger partial charge < -0.3 is 20.1 Å². The van der Waals surface area contributed by atoms with E-state index in [1.54, 1.807) is 0 Å². The third kappa shape index (κ3) is 4.23. The zero-order valence-corrected chi connectivity index (χ0v) is 12.7. The van der Waals surface area contributed by atoms with Crippen LogP contribution in [0.4, 0.5) is 4.79 Å². The number of benzene rings is 1. The Balaban J connectivity index is 1.93. The molecule has 0 bridgehead atoms. The van der Waals surface area contributed by atoms with Gasteiger partial charge in [0.25, 0.3) is 0 Å². The number of nitrogens with one attached hydrogen (secondary N) is 2. The van der Waals surface area contributed by atoms with Crippen LogP contribution in [0, 0.1) is 0 Å². The van der Waals surface area contributed by atoms with Gasteiger partial charge in [0.15, 0.2) is 0 Å². The molecule has 2 rings (SSSR count). The molecule has 0 fully saturated rings. The topological polar surface area (TPSA) is 74.3 Å². The highest BCUT2D eigenvalue weighted by molar-refractivity contribution is 5.83. The summed E-state index contributed by atoms with van der Waals surface area (Å²) < 4.78 is 5.19. The number of aromatic amines is 1. The molecule has 21 heavy (non-hydrogen) atoms. The van der Waals surface area contributed by atoms with Crippen molar-refractivity contribution in [1.29, 1.82) is 0 Å². The zero-order valence-electron chi connectivity index (χ0n) is 12.7. The number of ether oxygens (including phenoxy) is 1. The van der Waals surface area contributed by atoms with Gasteiger partial charge in [0.05, 0.1) is 6.61 Å². The summed E-state index contributed by atoms with van der Waals surface area (Å²) in [4.78, 5) is 14.7. The molecule has 5 heteroatoms. The molecule has 0 saturated heterocycles. The molecule has 3 N–H and O–H groups in total. The van der Waals surface area contributed by atoms with Gasteiger partial charge in [0, 0.05) is 23.6 Å². The molecule has 1 amide bonds. The first kappa shape index (κ1) is 15.4. The average Bonchev–Trinajstić information content (AvgIpc) is 2.79. The molecule has 0 aliphatic rings. The fourth-order valence-electron chi connectivity index (χ4n) is 2.15. The number of aliphatic hydroxyl groups is 1. The smallest absolute Gasteiger partial charge is 0.407 e. The number of hydrogen-bond donors (Lipinski definition) is 3. The Hall–Kier alpha value is -2.01. The number of aliphatic hydroxyl groups excluding tert-OH is 1. The third-order valence-electron chi connectivity index (χ3n) is 3.08. The van der Waals surface area contributed by atoms with Crippen molar-refractivity contribution in [1.82, 2.24) is 10.3 Å². The lowest BCUT2D eigenvalue weighted by molar-refractivity contribution is 0.0528. The van der Waals surface area contributed by atoms with E-state index in [0.29, 0.717) is 6.54 Å². The van der Waals surface area contributed by atoms with Crippen molar-refractivity contribution in [2.75, 3.05) is 6.54 Å². The van der Waals surface area contributed by atoms with Crippen LogP contribution >= 0.6 is 0 Å². The number of H-pyrrole nitrogens is 1. The molecular formula is C16H22N2O3. The summed E-state index contributed by atoms with van der Waals surface area (Å²) in [7, 11) is 0. The van der Waals surface area contributed by atoms with Gasteiger partial charge in [0.1, 0.15) is 5.60 Å². The second-order valence-corrected chi connectivity index (χ2v) is 6.03. The van der Waals surface area contributed by atoms with E-state index in [-0.39, 0.29) is 6.61 Å². The number of alkyl carbamates (subject to hydrolysis) is 1. The van der Waals surface area contributed by atoms with E-state index in [1.807, 2.05) is 45.2 Å². The van der Waals surface area contributed by atoms with Gasteiger partial charge in [-0.25, -0.2) is 4.79 Å². The third-order valence-corrected chi connectivity index (χ3v) is 3.08. The molecule has 1 heterocycles. The van der Waals surface area contributed by atoms with Crippen molar-refractivity contribution >= 4 is 17.0 Å². The van der Waals surface area contributed by atoms with Crippen molar-refractivity contribution in [3.05, 3.63) is 35.5 Å². The number of hydrogen-bond acceptors (Lipinski definition) is 3. The maximum atomic E-state index is 11.6. The first-order valence-electron chi connectivity index (χ1n) is 7.05. The first-order valence-corrected chi connectivity index (χ1v) is 7.05. The molecule has 0 saturated carbocycles. The monoisotopic (exact) mass is 290 g/mol. The minimum atomic E-state index is -0.481. The number of fused-ring (bicyclic) bond motifs is 1. The molecule has 1 aromatic heterocycles. The largest absolute Gasteiger partial charge is 0.444 e. The molecule has 0 aliphatic carbocycles. The Labute approximate surface area is 124 Å². The predicted molar refractivity (Wildman–Crippen MR) is 82.2 cm³/mol. The summed E-state index contributed by atoms with van der Waals surface area (Å²) in [5.41, 5.74) is 2.52. The Morgan fingerprint density at radius 3 is 2.81 bits per heavy atom. The van der Waals surface area contributed by atoms with E-state index in [4.69, 9.17) is 9.84 Å². The van der Waals surface area contributed by atoms with Gasteiger partial charge in [0.2, 0.25) is 0 Å². The van der Waals surface area contributed by atoms with Gasteiger partial charge in [-0.3, -0.25) is 0 Å². The van der Waals surface area contributed by atoms with E-state index < -0.39 is 11.7 Å².